The lowest BCUT2D eigenvalue weighted by Crippen LogP contribution is -2.29. The van der Waals surface area contributed by atoms with E-state index >= 15 is 0 Å². The number of aryl methyl sites for hydroxylation is 1. The molecular weight excluding hydrogens is 298 g/mol. The van der Waals surface area contributed by atoms with E-state index in [1.54, 1.807) is 30.9 Å². The molecule has 1 amide bonds. The summed E-state index contributed by atoms with van der Waals surface area (Å²) in [7, 11) is 0. The lowest BCUT2D eigenvalue weighted by Gasteiger charge is -2.08. The average molecular weight is 317 g/mol. The number of hydrogen-bond donors (Lipinski definition) is 1. The Morgan fingerprint density at radius 1 is 1.48 bits per heavy atom. The van der Waals surface area contributed by atoms with Gasteiger partial charge in [-0.15, -0.1) is 0 Å². The van der Waals surface area contributed by atoms with Crippen LogP contribution in [-0.4, -0.2) is 38.5 Å². The Hall–Kier alpha value is -2.48. The fourth-order valence-electron chi connectivity index (χ4n) is 2.48. The van der Waals surface area contributed by atoms with E-state index < -0.39 is 0 Å². The molecule has 3 rings (SSSR count). The van der Waals surface area contributed by atoms with Gasteiger partial charge in [0.15, 0.2) is 0 Å². The van der Waals surface area contributed by atoms with E-state index in [9.17, 15) is 9.59 Å². The molecule has 1 fully saturated rings. The van der Waals surface area contributed by atoms with Gasteiger partial charge in [-0.25, -0.2) is 4.98 Å². The van der Waals surface area contributed by atoms with Crippen LogP contribution in [0.4, 0.5) is 5.69 Å². The number of hydrogen-bond acceptors (Lipinski definition) is 5. The van der Waals surface area contributed by atoms with E-state index in [-0.39, 0.29) is 24.1 Å². The van der Waals surface area contributed by atoms with Gasteiger partial charge in [-0.3, -0.25) is 18.8 Å². The van der Waals surface area contributed by atoms with Gasteiger partial charge < -0.3 is 10.1 Å². The molecule has 8 nitrogen and oxygen atoms in total. The minimum atomic E-state index is -0.292. The smallest absolute Gasteiger partial charge is 0.256 e. The second-order valence-electron chi connectivity index (χ2n) is 5.66. The van der Waals surface area contributed by atoms with Crippen LogP contribution in [0.15, 0.2) is 23.5 Å². The molecule has 8 heteroatoms. The summed E-state index contributed by atoms with van der Waals surface area (Å²) in [5.74, 6) is -0.292. The molecule has 2 aromatic rings. The fraction of sp³-hybridized carbons (Fsp3) is 0.467. The molecule has 1 N–H and O–H groups in total. The van der Waals surface area contributed by atoms with E-state index in [1.165, 1.54) is 10.9 Å². The maximum atomic E-state index is 12.1. The van der Waals surface area contributed by atoms with Crippen LogP contribution in [0, 0.1) is 13.8 Å². The van der Waals surface area contributed by atoms with Gasteiger partial charge in [-0.1, -0.05) is 0 Å². The quantitative estimate of drug-likeness (QED) is 0.894. The number of carbonyl (C=O) groups excluding carboxylic acids is 1. The van der Waals surface area contributed by atoms with Gasteiger partial charge in [0, 0.05) is 24.1 Å². The van der Waals surface area contributed by atoms with Crippen LogP contribution in [-0.2, 0) is 16.1 Å². The van der Waals surface area contributed by atoms with Gasteiger partial charge >= 0.3 is 0 Å². The van der Waals surface area contributed by atoms with Crippen molar-refractivity contribution in [1.29, 1.82) is 0 Å². The molecular formula is C15H19N5O3. The summed E-state index contributed by atoms with van der Waals surface area (Å²) in [6.07, 6.45) is 5.68. The molecule has 0 aliphatic carbocycles. The first-order valence-electron chi connectivity index (χ1n) is 7.49. The topological polar surface area (TPSA) is 91.0 Å². The third-order valence-electron chi connectivity index (χ3n) is 3.99. The second-order valence-corrected chi connectivity index (χ2v) is 5.66. The van der Waals surface area contributed by atoms with Gasteiger partial charge in [0.25, 0.3) is 5.56 Å². The Labute approximate surface area is 133 Å². The van der Waals surface area contributed by atoms with E-state index in [0.717, 1.165) is 13.0 Å². The highest BCUT2D eigenvalue weighted by Crippen LogP contribution is 2.19. The van der Waals surface area contributed by atoms with Crippen LogP contribution in [0.2, 0.25) is 0 Å². The van der Waals surface area contributed by atoms with Crippen molar-refractivity contribution in [3.63, 3.8) is 0 Å². The summed E-state index contributed by atoms with van der Waals surface area (Å²) >= 11 is 0. The maximum Gasteiger partial charge on any atom is 0.256 e. The van der Waals surface area contributed by atoms with Crippen molar-refractivity contribution in [2.45, 2.75) is 32.9 Å². The minimum Gasteiger partial charge on any atom is -0.379 e. The molecule has 1 saturated heterocycles. The Morgan fingerprint density at radius 3 is 3.04 bits per heavy atom. The summed E-state index contributed by atoms with van der Waals surface area (Å²) in [6.45, 7) is 4.76. The Balaban J connectivity index is 1.66. The second kappa shape index (κ2) is 6.33. The summed E-state index contributed by atoms with van der Waals surface area (Å²) in [5.41, 5.74) is 1.62. The van der Waals surface area contributed by atoms with Gasteiger partial charge in [-0.2, -0.15) is 5.10 Å². The van der Waals surface area contributed by atoms with Crippen LogP contribution in [0.5, 0.6) is 0 Å². The van der Waals surface area contributed by atoms with E-state index in [2.05, 4.69) is 15.4 Å². The van der Waals surface area contributed by atoms with E-state index in [4.69, 9.17) is 4.74 Å². The molecule has 0 unspecified atom stereocenters. The predicted molar refractivity (Wildman–Crippen MR) is 83.3 cm³/mol. The number of aromatic nitrogens is 4. The highest BCUT2D eigenvalue weighted by Gasteiger charge is 2.18. The summed E-state index contributed by atoms with van der Waals surface area (Å²) in [5, 5.41) is 6.99. The minimum absolute atomic E-state index is 0.0787. The molecule has 122 valence electrons. The first-order chi connectivity index (χ1) is 11.0. The van der Waals surface area contributed by atoms with Crippen molar-refractivity contribution >= 4 is 11.6 Å². The third-order valence-corrected chi connectivity index (χ3v) is 3.99. The molecule has 0 saturated carbocycles. The third kappa shape index (κ3) is 3.31. The Morgan fingerprint density at radius 2 is 2.30 bits per heavy atom. The molecule has 0 radical (unpaired) electrons. The van der Waals surface area contributed by atoms with Gasteiger partial charge in [0.2, 0.25) is 5.91 Å². The first-order valence-corrected chi connectivity index (χ1v) is 7.49. The zero-order valence-electron chi connectivity index (χ0n) is 13.2. The van der Waals surface area contributed by atoms with Crippen LogP contribution in [0.1, 0.15) is 23.7 Å². The summed E-state index contributed by atoms with van der Waals surface area (Å²) in [4.78, 5) is 28.3. The number of ether oxygens (including phenoxy) is 1. The normalized spacial score (nSPS) is 17.4. The predicted octanol–water partition coefficient (Wildman–Crippen LogP) is 0.657. The van der Waals surface area contributed by atoms with Crippen LogP contribution in [0.25, 0.3) is 0 Å². The SMILES string of the molecule is Cc1ncn(CC(=O)Nc2cnn([C@H]3CCOC3)c2)c(=O)c1C. The fourth-order valence-corrected chi connectivity index (χ4v) is 2.48. The molecule has 0 bridgehead atoms. The van der Waals surface area contributed by atoms with E-state index in [1.807, 2.05) is 0 Å². The van der Waals surface area contributed by atoms with Crippen LogP contribution < -0.4 is 10.9 Å². The van der Waals surface area contributed by atoms with Crippen LogP contribution >= 0.6 is 0 Å². The van der Waals surface area contributed by atoms with Crippen LogP contribution in [0.3, 0.4) is 0 Å². The monoisotopic (exact) mass is 317 g/mol. The van der Waals surface area contributed by atoms with Gasteiger partial charge in [0.1, 0.15) is 6.54 Å². The van der Waals surface area contributed by atoms with Crippen molar-refractivity contribution in [2.75, 3.05) is 18.5 Å². The molecule has 0 aromatic carbocycles. The van der Waals surface area contributed by atoms with Crippen molar-refractivity contribution < 1.29 is 9.53 Å². The first kappa shape index (κ1) is 15.4. The molecule has 3 heterocycles. The lowest BCUT2D eigenvalue weighted by molar-refractivity contribution is -0.116. The summed E-state index contributed by atoms with van der Waals surface area (Å²) in [6, 6.07) is 0.215. The standard InChI is InChI=1S/C15H19N5O3/c1-10-11(2)16-9-19(15(10)22)7-14(21)18-12-5-17-20(6-12)13-3-4-23-8-13/h5-6,9,13H,3-4,7-8H2,1-2H3,(H,18,21)/t13-/m0/s1. The van der Waals surface area contributed by atoms with Gasteiger partial charge in [0.05, 0.1) is 30.9 Å². The number of nitrogens with zero attached hydrogens (tertiary/aromatic N) is 4. The molecule has 23 heavy (non-hydrogen) atoms. The molecule has 1 atom stereocenters. The van der Waals surface area contributed by atoms with E-state index in [0.29, 0.717) is 23.6 Å². The summed E-state index contributed by atoms with van der Waals surface area (Å²) < 4.78 is 8.42. The van der Waals surface area contributed by atoms with Crippen molar-refractivity contribution in [1.82, 2.24) is 19.3 Å². The lowest BCUT2D eigenvalue weighted by atomic mass is 10.3. The van der Waals surface area contributed by atoms with Gasteiger partial charge in [-0.05, 0) is 20.3 Å². The number of rotatable bonds is 4. The number of amides is 1. The highest BCUT2D eigenvalue weighted by molar-refractivity contribution is 5.90. The number of nitrogens with one attached hydrogen (secondary N) is 1. The molecule has 1 aliphatic rings. The number of carbonyl (C=O) groups is 1. The zero-order chi connectivity index (χ0) is 16.4. The largest absolute Gasteiger partial charge is 0.379 e. The van der Waals surface area contributed by atoms with Crippen molar-refractivity contribution in [3.05, 3.63) is 40.3 Å². The molecule has 0 spiro atoms. The molecule has 2 aromatic heterocycles. The number of anilines is 1. The highest BCUT2D eigenvalue weighted by atomic mass is 16.5. The molecule has 1 aliphatic heterocycles. The average Bonchev–Trinajstić information content (AvgIpc) is 3.19. The van der Waals surface area contributed by atoms with Crippen molar-refractivity contribution in [3.8, 4) is 0 Å². The van der Waals surface area contributed by atoms with Crippen molar-refractivity contribution in [2.24, 2.45) is 0 Å². The maximum absolute atomic E-state index is 12.1. The zero-order valence-corrected chi connectivity index (χ0v) is 13.2. The Kier molecular flexibility index (Phi) is 4.24. The Bertz CT molecular complexity index is 774.